The first kappa shape index (κ1) is 22.4. The number of methoxy groups -OCH3 is 2. The maximum Gasteiger partial charge on any atom is 0.241 e. The lowest BCUT2D eigenvalue weighted by molar-refractivity contribution is -0.122. The topological polar surface area (TPSA) is 107 Å². The zero-order valence-corrected chi connectivity index (χ0v) is 18.0. The van der Waals surface area contributed by atoms with Gasteiger partial charge < -0.3 is 19.2 Å². The second-order valence-corrected chi connectivity index (χ2v) is 8.39. The minimum Gasteiger partial charge on any atom is -0.493 e. The third kappa shape index (κ3) is 5.87. The Morgan fingerprint density at radius 2 is 1.74 bits per heavy atom. The van der Waals surface area contributed by atoms with Crippen molar-refractivity contribution in [2.45, 2.75) is 23.9 Å². The monoisotopic (exact) mass is 444 g/mol. The van der Waals surface area contributed by atoms with Gasteiger partial charge in [0.2, 0.25) is 15.9 Å². The Labute approximate surface area is 181 Å². The molecule has 0 aliphatic heterocycles. The molecule has 0 bridgehead atoms. The molecule has 1 heterocycles. The Bertz CT molecular complexity index is 1100. The molecule has 0 radical (unpaired) electrons. The predicted octanol–water partition coefficient (Wildman–Crippen LogP) is 2.50. The maximum atomic E-state index is 13.0. The van der Waals surface area contributed by atoms with Gasteiger partial charge in [0.05, 0.1) is 31.9 Å². The van der Waals surface area contributed by atoms with E-state index in [0.717, 1.165) is 5.56 Å². The number of carbonyl (C=O) groups excluding carboxylic acids is 1. The summed E-state index contributed by atoms with van der Waals surface area (Å²) in [5, 5.41) is 2.72. The van der Waals surface area contributed by atoms with Gasteiger partial charge >= 0.3 is 0 Å². The molecule has 0 unspecified atom stereocenters. The van der Waals surface area contributed by atoms with E-state index in [1.54, 1.807) is 12.1 Å². The van der Waals surface area contributed by atoms with E-state index in [1.807, 2.05) is 30.3 Å². The van der Waals surface area contributed by atoms with Crippen LogP contribution < -0.4 is 19.5 Å². The third-order valence-electron chi connectivity index (χ3n) is 4.58. The second kappa shape index (κ2) is 10.1. The van der Waals surface area contributed by atoms with Crippen molar-refractivity contribution in [1.29, 1.82) is 0 Å². The molecule has 1 amide bonds. The van der Waals surface area contributed by atoms with Crippen LogP contribution >= 0.6 is 0 Å². The summed E-state index contributed by atoms with van der Waals surface area (Å²) in [7, 11) is -1.14. The fourth-order valence-corrected chi connectivity index (χ4v) is 4.20. The molecule has 0 aliphatic carbocycles. The highest BCUT2D eigenvalue weighted by molar-refractivity contribution is 7.89. The molecule has 2 N–H and O–H groups in total. The van der Waals surface area contributed by atoms with E-state index in [1.165, 1.54) is 38.7 Å². The molecule has 8 nitrogen and oxygen atoms in total. The van der Waals surface area contributed by atoms with Crippen LogP contribution in [0.4, 0.5) is 0 Å². The van der Waals surface area contributed by atoms with Gasteiger partial charge in [0.1, 0.15) is 11.8 Å². The van der Waals surface area contributed by atoms with E-state index in [2.05, 4.69) is 10.0 Å². The highest BCUT2D eigenvalue weighted by atomic mass is 32.2. The molecule has 9 heteroatoms. The number of rotatable bonds is 10. The van der Waals surface area contributed by atoms with Crippen LogP contribution in [0.1, 0.15) is 11.3 Å². The molecule has 0 fully saturated rings. The first-order valence-corrected chi connectivity index (χ1v) is 11.0. The summed E-state index contributed by atoms with van der Waals surface area (Å²) in [6.07, 6.45) is 1.68. The summed E-state index contributed by atoms with van der Waals surface area (Å²) in [4.78, 5) is 12.8. The van der Waals surface area contributed by atoms with E-state index in [9.17, 15) is 13.2 Å². The summed E-state index contributed by atoms with van der Waals surface area (Å²) in [5.74, 6) is 0.768. The van der Waals surface area contributed by atoms with Crippen molar-refractivity contribution in [2.24, 2.45) is 0 Å². The lowest BCUT2D eigenvalue weighted by Gasteiger charge is -2.19. The van der Waals surface area contributed by atoms with Crippen LogP contribution in [0.2, 0.25) is 0 Å². The number of hydrogen-bond acceptors (Lipinski definition) is 6. The van der Waals surface area contributed by atoms with Crippen molar-refractivity contribution in [3.8, 4) is 11.5 Å². The first-order chi connectivity index (χ1) is 14.9. The summed E-state index contributed by atoms with van der Waals surface area (Å²) < 4.78 is 44.1. The van der Waals surface area contributed by atoms with Crippen LogP contribution in [-0.2, 0) is 27.8 Å². The van der Waals surface area contributed by atoms with Gasteiger partial charge in [0.15, 0.2) is 11.5 Å². The van der Waals surface area contributed by atoms with E-state index < -0.39 is 22.0 Å². The van der Waals surface area contributed by atoms with E-state index in [4.69, 9.17) is 13.9 Å². The highest BCUT2D eigenvalue weighted by Crippen LogP contribution is 2.29. The first-order valence-electron chi connectivity index (χ1n) is 9.51. The zero-order valence-electron chi connectivity index (χ0n) is 17.2. The molecule has 31 heavy (non-hydrogen) atoms. The molecule has 0 saturated heterocycles. The van der Waals surface area contributed by atoms with Gasteiger partial charge in [0, 0.05) is 6.07 Å². The number of carbonyl (C=O) groups is 1. The minimum absolute atomic E-state index is 0.0398. The number of amides is 1. The Balaban J connectivity index is 1.83. The van der Waals surface area contributed by atoms with Crippen LogP contribution in [0.5, 0.6) is 11.5 Å². The molecule has 164 valence electrons. The van der Waals surface area contributed by atoms with Crippen molar-refractivity contribution in [2.75, 3.05) is 14.2 Å². The van der Waals surface area contributed by atoms with Crippen molar-refractivity contribution in [3.63, 3.8) is 0 Å². The largest absolute Gasteiger partial charge is 0.493 e. The fraction of sp³-hybridized carbons (Fsp3) is 0.227. The lowest BCUT2D eigenvalue weighted by Crippen LogP contribution is -2.47. The SMILES string of the molecule is COc1ccc(S(=O)(=O)N[C@H](Cc2ccccc2)C(=O)NCc2ccco2)cc1OC. The molecule has 3 rings (SSSR count). The van der Waals surface area contributed by atoms with Crippen LogP contribution in [-0.4, -0.2) is 34.6 Å². The van der Waals surface area contributed by atoms with Gasteiger partial charge in [-0.2, -0.15) is 4.72 Å². The predicted molar refractivity (Wildman–Crippen MR) is 114 cm³/mol. The lowest BCUT2D eigenvalue weighted by atomic mass is 10.1. The fourth-order valence-electron chi connectivity index (χ4n) is 2.99. The Kier molecular flexibility index (Phi) is 7.32. The van der Waals surface area contributed by atoms with Crippen LogP contribution in [0.25, 0.3) is 0 Å². The number of sulfonamides is 1. The Morgan fingerprint density at radius 1 is 1.00 bits per heavy atom. The van der Waals surface area contributed by atoms with Crippen molar-refractivity contribution >= 4 is 15.9 Å². The van der Waals surface area contributed by atoms with Crippen molar-refractivity contribution in [1.82, 2.24) is 10.0 Å². The quantitative estimate of drug-likeness (QED) is 0.498. The summed E-state index contributed by atoms with van der Waals surface area (Å²) in [6, 6.07) is 15.8. The number of ether oxygens (including phenoxy) is 2. The van der Waals surface area contributed by atoms with E-state index in [-0.39, 0.29) is 23.6 Å². The average molecular weight is 445 g/mol. The molecule has 3 aromatic rings. The smallest absolute Gasteiger partial charge is 0.241 e. The van der Waals surface area contributed by atoms with Gasteiger partial charge in [-0.05, 0) is 36.2 Å². The van der Waals surface area contributed by atoms with Crippen LogP contribution in [0, 0.1) is 0 Å². The van der Waals surface area contributed by atoms with Crippen LogP contribution in [0.3, 0.4) is 0 Å². The molecule has 0 saturated carbocycles. The van der Waals surface area contributed by atoms with E-state index >= 15 is 0 Å². The molecular formula is C22H24N2O6S. The average Bonchev–Trinajstić information content (AvgIpc) is 3.30. The second-order valence-electron chi connectivity index (χ2n) is 6.68. The molecule has 1 aromatic heterocycles. The number of furan rings is 1. The highest BCUT2D eigenvalue weighted by Gasteiger charge is 2.27. The van der Waals surface area contributed by atoms with Crippen molar-refractivity contribution in [3.05, 3.63) is 78.3 Å². The maximum absolute atomic E-state index is 13.0. The standard InChI is InChI=1S/C22H24N2O6S/c1-28-20-11-10-18(14-21(20)29-2)31(26,27)24-19(13-16-7-4-3-5-8-16)22(25)23-15-17-9-6-12-30-17/h3-12,14,19,24H,13,15H2,1-2H3,(H,23,25)/t19-/m1/s1. The molecule has 0 spiro atoms. The van der Waals surface area contributed by atoms with Gasteiger partial charge in [-0.3, -0.25) is 4.79 Å². The zero-order chi connectivity index (χ0) is 22.3. The number of nitrogens with one attached hydrogen (secondary N) is 2. The van der Waals surface area contributed by atoms with E-state index in [0.29, 0.717) is 11.5 Å². The molecular weight excluding hydrogens is 420 g/mol. The molecule has 2 aromatic carbocycles. The summed E-state index contributed by atoms with van der Waals surface area (Å²) in [5.41, 5.74) is 0.815. The summed E-state index contributed by atoms with van der Waals surface area (Å²) >= 11 is 0. The van der Waals surface area contributed by atoms with Crippen LogP contribution in [0.15, 0.2) is 76.2 Å². The molecule has 0 aliphatic rings. The van der Waals surface area contributed by atoms with Gasteiger partial charge in [-0.25, -0.2) is 8.42 Å². The Hall–Kier alpha value is -3.30. The third-order valence-corrected chi connectivity index (χ3v) is 6.05. The molecule has 1 atom stereocenters. The van der Waals surface area contributed by atoms with Gasteiger partial charge in [-0.15, -0.1) is 0 Å². The normalized spacial score (nSPS) is 12.2. The minimum atomic E-state index is -4.02. The summed E-state index contributed by atoms with van der Waals surface area (Å²) in [6.45, 7) is 0.148. The van der Waals surface area contributed by atoms with Gasteiger partial charge in [-0.1, -0.05) is 30.3 Å². The number of benzene rings is 2. The van der Waals surface area contributed by atoms with Gasteiger partial charge in [0.25, 0.3) is 0 Å². The van der Waals surface area contributed by atoms with Crippen molar-refractivity contribution < 1.29 is 27.1 Å². The Morgan fingerprint density at radius 3 is 2.39 bits per heavy atom. The number of hydrogen-bond donors (Lipinski definition) is 2.